The summed E-state index contributed by atoms with van der Waals surface area (Å²) in [7, 11) is 2.13. The Kier molecular flexibility index (Phi) is 3.55. The highest BCUT2D eigenvalue weighted by molar-refractivity contribution is 5.33. The number of hydrogen-bond acceptors (Lipinski definition) is 5. The molecule has 0 saturated carbocycles. The van der Waals surface area contributed by atoms with Crippen LogP contribution in [-0.4, -0.2) is 41.0 Å². The van der Waals surface area contributed by atoms with Crippen LogP contribution in [0.15, 0.2) is 6.07 Å². The van der Waals surface area contributed by atoms with Crippen LogP contribution in [-0.2, 0) is 0 Å². The van der Waals surface area contributed by atoms with Gasteiger partial charge >= 0.3 is 0 Å². The van der Waals surface area contributed by atoms with Crippen LogP contribution in [0.4, 0.5) is 5.95 Å². The number of likely N-dealkylation sites (tertiary alicyclic amines) is 1. The first kappa shape index (κ1) is 11.8. The fourth-order valence-electron chi connectivity index (χ4n) is 2.03. The van der Waals surface area contributed by atoms with E-state index in [1.54, 1.807) is 6.07 Å². The van der Waals surface area contributed by atoms with Gasteiger partial charge in [-0.25, -0.2) is 9.97 Å². The van der Waals surface area contributed by atoms with Crippen LogP contribution in [0.3, 0.4) is 0 Å². The molecular weight excluding hydrogens is 214 g/mol. The summed E-state index contributed by atoms with van der Waals surface area (Å²) in [6.07, 6.45) is 2.19. The van der Waals surface area contributed by atoms with Crippen molar-refractivity contribution in [3.05, 3.63) is 17.5 Å². The maximum Gasteiger partial charge on any atom is 0.224 e. The normalized spacial score (nSPS) is 17.7. The van der Waals surface area contributed by atoms with E-state index in [4.69, 9.17) is 5.26 Å². The van der Waals surface area contributed by atoms with Crippen molar-refractivity contribution < 1.29 is 0 Å². The van der Waals surface area contributed by atoms with Gasteiger partial charge in [-0.05, 0) is 46.0 Å². The average Bonchev–Trinajstić information content (AvgIpc) is 2.31. The molecule has 1 aliphatic rings. The fourth-order valence-corrected chi connectivity index (χ4v) is 2.03. The van der Waals surface area contributed by atoms with E-state index < -0.39 is 0 Å². The van der Waals surface area contributed by atoms with Gasteiger partial charge in [-0.2, -0.15) is 5.26 Å². The molecule has 90 valence electrons. The number of nitrogens with zero attached hydrogens (tertiary/aromatic N) is 4. The van der Waals surface area contributed by atoms with E-state index in [2.05, 4.69) is 33.3 Å². The quantitative estimate of drug-likeness (QED) is 0.827. The summed E-state index contributed by atoms with van der Waals surface area (Å²) >= 11 is 0. The standard InChI is InChI=1S/C12H17N5/c1-9-7-11(8-13)16-12(14-9)15-10-3-5-17(2)6-4-10/h7,10H,3-6H2,1-2H3,(H,14,15,16). The van der Waals surface area contributed by atoms with Gasteiger partial charge in [0.05, 0.1) is 0 Å². The zero-order valence-electron chi connectivity index (χ0n) is 10.3. The van der Waals surface area contributed by atoms with Crippen molar-refractivity contribution >= 4 is 5.95 Å². The van der Waals surface area contributed by atoms with Crippen LogP contribution >= 0.6 is 0 Å². The summed E-state index contributed by atoms with van der Waals surface area (Å²) in [6, 6.07) is 4.16. The van der Waals surface area contributed by atoms with Crippen LogP contribution in [0.1, 0.15) is 24.2 Å². The summed E-state index contributed by atoms with van der Waals surface area (Å²) in [5, 5.41) is 12.2. The third-order valence-corrected chi connectivity index (χ3v) is 3.02. The number of nitriles is 1. The predicted octanol–water partition coefficient (Wildman–Crippen LogP) is 1.16. The molecule has 5 heteroatoms. The molecule has 2 heterocycles. The Hall–Kier alpha value is -1.67. The summed E-state index contributed by atoms with van der Waals surface area (Å²) < 4.78 is 0. The highest BCUT2D eigenvalue weighted by atomic mass is 15.2. The summed E-state index contributed by atoms with van der Waals surface area (Å²) in [5.74, 6) is 0.580. The van der Waals surface area contributed by atoms with Crippen LogP contribution < -0.4 is 5.32 Å². The van der Waals surface area contributed by atoms with Crippen LogP contribution in [0.5, 0.6) is 0 Å². The molecule has 1 saturated heterocycles. The highest BCUT2D eigenvalue weighted by Crippen LogP contribution is 2.13. The lowest BCUT2D eigenvalue weighted by atomic mass is 10.1. The molecule has 1 aliphatic heterocycles. The van der Waals surface area contributed by atoms with Crippen molar-refractivity contribution in [1.82, 2.24) is 14.9 Å². The lowest BCUT2D eigenvalue weighted by Gasteiger charge is -2.29. The van der Waals surface area contributed by atoms with E-state index in [0.717, 1.165) is 31.6 Å². The molecule has 0 aliphatic carbocycles. The van der Waals surface area contributed by atoms with Crippen molar-refractivity contribution in [3.8, 4) is 6.07 Å². The molecule has 0 atom stereocenters. The van der Waals surface area contributed by atoms with Gasteiger partial charge < -0.3 is 10.2 Å². The zero-order valence-corrected chi connectivity index (χ0v) is 10.3. The lowest BCUT2D eigenvalue weighted by Crippen LogP contribution is -2.37. The zero-order chi connectivity index (χ0) is 12.3. The molecule has 1 N–H and O–H groups in total. The second kappa shape index (κ2) is 5.11. The third-order valence-electron chi connectivity index (χ3n) is 3.02. The van der Waals surface area contributed by atoms with Crippen molar-refractivity contribution in [2.24, 2.45) is 0 Å². The number of anilines is 1. The Morgan fingerprint density at radius 1 is 1.41 bits per heavy atom. The average molecular weight is 231 g/mol. The molecule has 1 aromatic rings. The lowest BCUT2D eigenvalue weighted by molar-refractivity contribution is 0.263. The summed E-state index contributed by atoms with van der Waals surface area (Å²) in [4.78, 5) is 10.8. The number of hydrogen-bond donors (Lipinski definition) is 1. The molecule has 2 rings (SSSR count). The van der Waals surface area contributed by atoms with Gasteiger partial charge in [-0.3, -0.25) is 0 Å². The monoisotopic (exact) mass is 231 g/mol. The Balaban J connectivity index is 2.03. The first-order valence-electron chi connectivity index (χ1n) is 5.88. The Morgan fingerprint density at radius 2 is 2.12 bits per heavy atom. The molecular formula is C12H17N5. The number of aryl methyl sites for hydroxylation is 1. The molecule has 5 nitrogen and oxygen atoms in total. The summed E-state index contributed by atoms with van der Waals surface area (Å²) in [5.41, 5.74) is 1.25. The molecule has 0 radical (unpaired) electrons. The minimum atomic E-state index is 0.416. The number of rotatable bonds is 2. The fraction of sp³-hybridized carbons (Fsp3) is 0.583. The predicted molar refractivity (Wildman–Crippen MR) is 65.6 cm³/mol. The molecule has 17 heavy (non-hydrogen) atoms. The third kappa shape index (κ3) is 3.14. The SMILES string of the molecule is Cc1cc(C#N)nc(NC2CCN(C)CC2)n1. The van der Waals surface area contributed by atoms with Gasteiger partial charge in [0.15, 0.2) is 0 Å². The molecule has 0 aromatic carbocycles. The molecule has 0 unspecified atom stereocenters. The van der Waals surface area contributed by atoms with Gasteiger partial charge in [0.25, 0.3) is 0 Å². The smallest absolute Gasteiger partial charge is 0.224 e. The van der Waals surface area contributed by atoms with Crippen molar-refractivity contribution in [1.29, 1.82) is 5.26 Å². The topological polar surface area (TPSA) is 64.8 Å². The highest BCUT2D eigenvalue weighted by Gasteiger charge is 2.17. The van der Waals surface area contributed by atoms with E-state index in [1.165, 1.54) is 0 Å². The Bertz CT molecular complexity index is 429. The maximum absolute atomic E-state index is 8.85. The van der Waals surface area contributed by atoms with E-state index in [1.807, 2.05) is 6.92 Å². The minimum Gasteiger partial charge on any atom is -0.351 e. The van der Waals surface area contributed by atoms with Crippen LogP contribution in [0.2, 0.25) is 0 Å². The maximum atomic E-state index is 8.85. The van der Waals surface area contributed by atoms with E-state index in [0.29, 0.717) is 17.7 Å². The molecule has 1 aromatic heterocycles. The first-order chi connectivity index (χ1) is 8.17. The van der Waals surface area contributed by atoms with Gasteiger partial charge in [0, 0.05) is 11.7 Å². The second-order valence-electron chi connectivity index (χ2n) is 4.55. The van der Waals surface area contributed by atoms with Gasteiger partial charge in [-0.1, -0.05) is 0 Å². The van der Waals surface area contributed by atoms with Gasteiger partial charge in [-0.15, -0.1) is 0 Å². The second-order valence-corrected chi connectivity index (χ2v) is 4.55. The van der Waals surface area contributed by atoms with E-state index in [9.17, 15) is 0 Å². The van der Waals surface area contributed by atoms with Gasteiger partial charge in [0.1, 0.15) is 11.8 Å². The minimum absolute atomic E-state index is 0.416. The largest absolute Gasteiger partial charge is 0.351 e. The van der Waals surface area contributed by atoms with Crippen molar-refractivity contribution in [3.63, 3.8) is 0 Å². The number of aromatic nitrogens is 2. The van der Waals surface area contributed by atoms with Crippen molar-refractivity contribution in [2.45, 2.75) is 25.8 Å². The molecule has 1 fully saturated rings. The van der Waals surface area contributed by atoms with E-state index in [-0.39, 0.29) is 0 Å². The Morgan fingerprint density at radius 3 is 2.76 bits per heavy atom. The Labute approximate surface area is 101 Å². The molecule has 0 spiro atoms. The number of piperidine rings is 1. The van der Waals surface area contributed by atoms with Crippen LogP contribution in [0.25, 0.3) is 0 Å². The number of nitrogens with one attached hydrogen (secondary N) is 1. The summed E-state index contributed by atoms with van der Waals surface area (Å²) in [6.45, 7) is 4.06. The van der Waals surface area contributed by atoms with E-state index >= 15 is 0 Å². The van der Waals surface area contributed by atoms with Gasteiger partial charge in [0.2, 0.25) is 5.95 Å². The van der Waals surface area contributed by atoms with Crippen LogP contribution in [0, 0.1) is 18.3 Å². The molecule has 0 amide bonds. The first-order valence-corrected chi connectivity index (χ1v) is 5.88. The molecule has 0 bridgehead atoms. The van der Waals surface area contributed by atoms with Crippen molar-refractivity contribution in [2.75, 3.05) is 25.5 Å².